The second kappa shape index (κ2) is 5.40. The van der Waals surface area contributed by atoms with Crippen LogP contribution in [0.15, 0.2) is 24.3 Å². The van der Waals surface area contributed by atoms with Crippen molar-refractivity contribution in [3.8, 4) is 0 Å². The van der Waals surface area contributed by atoms with E-state index >= 15 is 0 Å². The number of para-hydroxylation sites is 1. The Morgan fingerprint density at radius 1 is 1.50 bits per heavy atom. The van der Waals surface area contributed by atoms with Gasteiger partial charge in [0.25, 0.3) is 0 Å². The number of hydrogen-bond acceptors (Lipinski definition) is 2. The summed E-state index contributed by atoms with van der Waals surface area (Å²) in [6, 6.07) is 6.78. The van der Waals surface area contributed by atoms with E-state index < -0.39 is 5.97 Å². The van der Waals surface area contributed by atoms with Crippen LogP contribution < -0.4 is 5.32 Å². The molecule has 0 aliphatic carbocycles. The zero-order valence-electron chi connectivity index (χ0n) is 8.87. The second-order valence-electron chi connectivity index (χ2n) is 2.10. The maximum atomic E-state index is 10.5. The van der Waals surface area contributed by atoms with Gasteiger partial charge in [0.1, 0.15) is 0 Å². The molecule has 0 saturated carbocycles. The minimum atomic E-state index is -0.907. The molecule has 1 rings (SSSR count). The summed E-state index contributed by atoms with van der Waals surface area (Å²) in [7, 11) is 1.70. The van der Waals surface area contributed by atoms with Crippen molar-refractivity contribution in [1.82, 2.24) is 0 Å². The van der Waals surface area contributed by atoms with E-state index in [0.717, 1.165) is 0 Å². The summed E-state index contributed by atoms with van der Waals surface area (Å²) in [6.45, 7) is 0. The van der Waals surface area contributed by atoms with E-state index in [1.165, 1.54) is 0 Å². The van der Waals surface area contributed by atoms with E-state index in [2.05, 4.69) is 5.32 Å². The molecule has 0 saturated heterocycles. The molecule has 0 radical (unpaired) electrons. The minimum Gasteiger partial charge on any atom is -1.00 e. The average Bonchev–Trinajstić information content (AvgIpc) is 2.04. The molecule has 1 aromatic carbocycles. The SMILES string of the molecule is CNc1ccccc1C(=O)O.[Ca+2].[H-].[H-]. The van der Waals surface area contributed by atoms with Crippen molar-refractivity contribution >= 4 is 49.4 Å². The van der Waals surface area contributed by atoms with Crippen molar-refractivity contribution in [3.63, 3.8) is 0 Å². The molecule has 0 aliphatic heterocycles. The van der Waals surface area contributed by atoms with E-state index in [0.29, 0.717) is 11.3 Å². The van der Waals surface area contributed by atoms with Gasteiger partial charge >= 0.3 is 43.7 Å². The van der Waals surface area contributed by atoms with E-state index in [1.807, 2.05) is 0 Å². The summed E-state index contributed by atoms with van der Waals surface area (Å²) in [5.41, 5.74) is 0.940. The average molecular weight is 193 g/mol. The van der Waals surface area contributed by atoms with Crippen molar-refractivity contribution < 1.29 is 12.8 Å². The molecule has 12 heavy (non-hydrogen) atoms. The summed E-state index contributed by atoms with van der Waals surface area (Å²) < 4.78 is 0. The molecule has 3 nitrogen and oxygen atoms in total. The zero-order chi connectivity index (χ0) is 8.27. The molecule has 2 N–H and O–H groups in total. The normalized spacial score (nSPS) is 8.42. The van der Waals surface area contributed by atoms with Crippen LogP contribution in [0.3, 0.4) is 0 Å². The van der Waals surface area contributed by atoms with Crippen LogP contribution >= 0.6 is 0 Å². The van der Waals surface area contributed by atoms with E-state index in [-0.39, 0.29) is 40.6 Å². The molecule has 0 aromatic heterocycles. The number of benzene rings is 1. The fourth-order valence-electron chi connectivity index (χ4n) is 0.888. The Balaban J connectivity index is -0.000000403. The summed E-state index contributed by atoms with van der Waals surface area (Å²) in [4.78, 5) is 10.5. The van der Waals surface area contributed by atoms with Gasteiger partial charge in [-0.2, -0.15) is 0 Å². The molecular weight excluding hydrogens is 182 g/mol. The molecule has 0 bridgehead atoms. The Labute approximate surface area is 104 Å². The topological polar surface area (TPSA) is 49.3 Å². The van der Waals surface area contributed by atoms with Crippen molar-refractivity contribution in [1.29, 1.82) is 0 Å². The monoisotopic (exact) mass is 193 g/mol. The first-order valence-electron chi connectivity index (χ1n) is 3.26. The molecule has 0 heterocycles. The fraction of sp³-hybridized carbons (Fsp3) is 0.125. The number of rotatable bonds is 2. The summed E-state index contributed by atoms with van der Waals surface area (Å²) in [5.74, 6) is -0.907. The van der Waals surface area contributed by atoms with E-state index in [9.17, 15) is 4.79 Å². The van der Waals surface area contributed by atoms with Crippen molar-refractivity contribution in [2.75, 3.05) is 12.4 Å². The molecular formula is C8H11CaNO2. The molecule has 0 aliphatic rings. The van der Waals surface area contributed by atoms with Crippen LogP contribution in [0.5, 0.6) is 0 Å². The maximum Gasteiger partial charge on any atom is 2.00 e. The number of nitrogens with one attached hydrogen (secondary N) is 1. The Hall–Kier alpha value is -0.250. The third kappa shape index (κ3) is 2.66. The third-order valence-electron chi connectivity index (χ3n) is 1.43. The summed E-state index contributed by atoms with van der Waals surface area (Å²) >= 11 is 0. The first-order valence-corrected chi connectivity index (χ1v) is 3.26. The van der Waals surface area contributed by atoms with Gasteiger partial charge in [-0.1, -0.05) is 12.1 Å². The van der Waals surface area contributed by atoms with Crippen LogP contribution in [-0.4, -0.2) is 55.9 Å². The van der Waals surface area contributed by atoms with Crippen molar-refractivity contribution in [2.24, 2.45) is 0 Å². The predicted octanol–water partition coefficient (Wildman–Crippen LogP) is 1.27. The Morgan fingerprint density at radius 2 is 2.08 bits per heavy atom. The first kappa shape index (κ1) is 11.7. The smallest absolute Gasteiger partial charge is 1.00 e. The number of anilines is 1. The zero-order valence-corrected chi connectivity index (χ0v) is 9.08. The molecule has 0 unspecified atom stereocenters. The van der Waals surface area contributed by atoms with Crippen LogP contribution in [0, 0.1) is 0 Å². The standard InChI is InChI=1S/C8H9NO2.Ca.2H/c1-9-7-5-3-2-4-6(7)8(10)11;;;/h2-5,9H,1H3,(H,10,11);;;/q;+2;2*-1. The number of aromatic carboxylic acids is 1. The van der Waals surface area contributed by atoms with E-state index in [4.69, 9.17) is 5.11 Å². The quantitative estimate of drug-likeness (QED) is 0.695. The summed E-state index contributed by atoms with van der Waals surface area (Å²) in [5, 5.41) is 11.5. The molecule has 0 spiro atoms. The van der Waals surface area contributed by atoms with Gasteiger partial charge in [-0.25, -0.2) is 4.79 Å². The fourth-order valence-corrected chi connectivity index (χ4v) is 0.888. The maximum absolute atomic E-state index is 10.5. The minimum absolute atomic E-state index is 0. The van der Waals surface area contributed by atoms with Gasteiger partial charge in [-0.3, -0.25) is 0 Å². The predicted molar refractivity (Wildman–Crippen MR) is 50.9 cm³/mol. The van der Waals surface area contributed by atoms with Gasteiger partial charge in [-0.05, 0) is 12.1 Å². The molecule has 0 fully saturated rings. The molecule has 1 aromatic rings. The molecule has 0 atom stereocenters. The Morgan fingerprint density at radius 3 is 2.50 bits per heavy atom. The number of carboxylic acid groups (broad SMARTS) is 1. The van der Waals surface area contributed by atoms with Crippen LogP contribution in [0.25, 0.3) is 0 Å². The van der Waals surface area contributed by atoms with Gasteiger partial charge in [0.15, 0.2) is 0 Å². The van der Waals surface area contributed by atoms with Gasteiger partial charge in [0, 0.05) is 12.7 Å². The molecule has 0 amide bonds. The molecule has 4 heteroatoms. The van der Waals surface area contributed by atoms with Gasteiger partial charge in [0.05, 0.1) is 5.56 Å². The summed E-state index contributed by atoms with van der Waals surface area (Å²) in [6.07, 6.45) is 0. The van der Waals surface area contributed by atoms with Gasteiger partial charge in [-0.15, -0.1) is 0 Å². The first-order chi connectivity index (χ1) is 5.25. The van der Waals surface area contributed by atoms with Crippen molar-refractivity contribution in [2.45, 2.75) is 0 Å². The van der Waals surface area contributed by atoms with Crippen molar-refractivity contribution in [3.05, 3.63) is 29.8 Å². The van der Waals surface area contributed by atoms with Crippen LogP contribution in [0.2, 0.25) is 0 Å². The third-order valence-corrected chi connectivity index (χ3v) is 1.43. The Bertz CT molecular complexity index is 284. The van der Waals surface area contributed by atoms with Crippen LogP contribution in [0.1, 0.15) is 13.2 Å². The molecule has 62 valence electrons. The van der Waals surface area contributed by atoms with Gasteiger partial charge in [0.2, 0.25) is 0 Å². The number of carboxylic acids is 1. The second-order valence-corrected chi connectivity index (χ2v) is 2.10. The van der Waals surface area contributed by atoms with Crippen LogP contribution in [-0.2, 0) is 0 Å². The number of carbonyl (C=O) groups is 1. The Kier molecular flexibility index (Phi) is 5.29. The largest absolute Gasteiger partial charge is 2.00 e. The number of hydrogen-bond donors (Lipinski definition) is 2. The van der Waals surface area contributed by atoms with Crippen LogP contribution in [0.4, 0.5) is 5.69 Å². The van der Waals surface area contributed by atoms with Gasteiger partial charge < -0.3 is 13.3 Å². The van der Waals surface area contributed by atoms with E-state index in [1.54, 1.807) is 31.3 Å².